The van der Waals surface area contributed by atoms with Crippen molar-refractivity contribution in [3.8, 4) is 11.4 Å². The van der Waals surface area contributed by atoms with Crippen molar-refractivity contribution >= 4 is 17.7 Å². The number of carbonyl (C=O) groups excluding carboxylic acids is 1. The summed E-state index contributed by atoms with van der Waals surface area (Å²) < 4.78 is 42.8. The largest absolute Gasteiger partial charge is 0.573 e. The summed E-state index contributed by atoms with van der Waals surface area (Å²) in [6.07, 6.45) is -0.371. The number of carboxylic acids is 1. The van der Waals surface area contributed by atoms with E-state index in [9.17, 15) is 27.9 Å². The predicted octanol–water partition coefficient (Wildman–Crippen LogP) is 5.04. The number of carboxylic acid groups (broad SMARTS) is 1. The molecular weight excluding hydrogens is 427 g/mol. The second kappa shape index (κ2) is 9.22. The van der Waals surface area contributed by atoms with Gasteiger partial charge in [0.1, 0.15) is 11.3 Å². The number of alkyl halides is 3. The summed E-state index contributed by atoms with van der Waals surface area (Å²) in [4.78, 5) is 26.6. The average molecular weight is 453 g/mol. The van der Waals surface area contributed by atoms with Crippen LogP contribution in [0.15, 0.2) is 30.5 Å². The summed E-state index contributed by atoms with van der Waals surface area (Å²) in [6.45, 7) is 5.68. The Balaban J connectivity index is 1.98. The minimum atomic E-state index is -4.86. The van der Waals surface area contributed by atoms with Crippen LogP contribution in [0.3, 0.4) is 0 Å². The Bertz CT molecular complexity index is 979. The van der Waals surface area contributed by atoms with Gasteiger partial charge in [-0.15, -0.1) is 18.3 Å². The molecule has 1 aliphatic rings. The number of anilines is 1. The second-order valence-corrected chi connectivity index (χ2v) is 8.42. The van der Waals surface area contributed by atoms with E-state index in [2.05, 4.69) is 16.8 Å². The molecule has 1 saturated carbocycles. The molecule has 0 unspecified atom stereocenters. The van der Waals surface area contributed by atoms with E-state index in [0.717, 1.165) is 42.5 Å². The monoisotopic (exact) mass is 453 g/mol. The molecule has 1 N–H and O–H groups in total. The molecule has 1 amide bonds. The smallest absolute Gasteiger partial charge is 0.477 e. The summed E-state index contributed by atoms with van der Waals surface area (Å²) in [5.41, 5.74) is -0.0403. The zero-order valence-electron chi connectivity index (χ0n) is 18.1. The van der Waals surface area contributed by atoms with Gasteiger partial charge in [0.2, 0.25) is 5.91 Å². The van der Waals surface area contributed by atoms with Gasteiger partial charge in [0, 0.05) is 24.2 Å². The molecule has 0 atom stereocenters. The number of hydrogen-bond acceptors (Lipinski definition) is 4. The lowest BCUT2D eigenvalue weighted by Gasteiger charge is -2.32. The van der Waals surface area contributed by atoms with Crippen LogP contribution in [0.5, 0.6) is 5.75 Å². The Morgan fingerprint density at radius 3 is 2.44 bits per heavy atom. The molecule has 7 nitrogen and oxygen atoms in total. The van der Waals surface area contributed by atoms with Crippen molar-refractivity contribution in [3.63, 3.8) is 0 Å². The third kappa shape index (κ3) is 5.41. The van der Waals surface area contributed by atoms with E-state index in [1.807, 2.05) is 0 Å². The fourth-order valence-corrected chi connectivity index (χ4v) is 3.96. The van der Waals surface area contributed by atoms with Crippen molar-refractivity contribution < 1.29 is 32.6 Å². The summed E-state index contributed by atoms with van der Waals surface area (Å²) in [7, 11) is 0. The van der Waals surface area contributed by atoms with Crippen molar-refractivity contribution in [2.75, 3.05) is 4.90 Å². The molecular formula is C22H26F3N3O4. The van der Waals surface area contributed by atoms with Gasteiger partial charge in [0.15, 0.2) is 5.82 Å². The molecule has 1 aliphatic carbocycles. The molecule has 174 valence electrons. The first-order valence-electron chi connectivity index (χ1n) is 10.5. The highest BCUT2D eigenvalue weighted by Crippen LogP contribution is 2.33. The highest BCUT2D eigenvalue weighted by Gasteiger charge is 2.34. The van der Waals surface area contributed by atoms with Crippen LogP contribution in [0.2, 0.25) is 0 Å². The Hall–Kier alpha value is -3.04. The summed E-state index contributed by atoms with van der Waals surface area (Å²) in [5.74, 6) is -1.63. The molecule has 0 spiro atoms. The molecule has 0 saturated heterocycles. The standard InChI is InChI=1S/C22H26F3N3O4/c1-13(2)28(20(29)15-9-7-14(3)8-10-15)19-18(21(30)31)12-27(26-19)16-5-4-6-17(11-16)32-22(23,24)25/h4-6,11-15H,7-10H2,1-3H3,(H,30,31). The molecule has 2 aromatic rings. The number of benzene rings is 1. The van der Waals surface area contributed by atoms with Crippen molar-refractivity contribution in [1.29, 1.82) is 0 Å². The number of carbonyl (C=O) groups is 2. The topological polar surface area (TPSA) is 84.7 Å². The fraction of sp³-hybridized carbons (Fsp3) is 0.500. The van der Waals surface area contributed by atoms with Crippen LogP contribution >= 0.6 is 0 Å². The van der Waals surface area contributed by atoms with Gasteiger partial charge in [0.05, 0.1) is 5.69 Å². The Morgan fingerprint density at radius 2 is 1.88 bits per heavy atom. The van der Waals surface area contributed by atoms with Crippen molar-refractivity contribution in [2.24, 2.45) is 11.8 Å². The summed E-state index contributed by atoms with van der Waals surface area (Å²) in [6, 6.07) is 4.68. The van der Waals surface area contributed by atoms with Gasteiger partial charge in [-0.1, -0.05) is 13.0 Å². The third-order valence-electron chi connectivity index (χ3n) is 5.59. The van der Waals surface area contributed by atoms with Gasteiger partial charge in [-0.3, -0.25) is 9.69 Å². The summed E-state index contributed by atoms with van der Waals surface area (Å²) >= 11 is 0. The Labute approximate surface area is 183 Å². The molecule has 1 fully saturated rings. The molecule has 1 heterocycles. The number of halogens is 3. The van der Waals surface area contributed by atoms with Crippen LogP contribution in [-0.2, 0) is 4.79 Å². The van der Waals surface area contributed by atoms with Crippen LogP contribution in [0, 0.1) is 11.8 Å². The number of rotatable bonds is 6. The molecule has 1 aromatic carbocycles. The minimum absolute atomic E-state index is 0.0294. The summed E-state index contributed by atoms with van der Waals surface area (Å²) in [5, 5.41) is 14.0. The SMILES string of the molecule is CC1CCC(C(=O)N(c2nn(-c3cccc(OC(F)(F)F)c3)cc2C(=O)O)C(C)C)CC1. The zero-order chi connectivity index (χ0) is 23.6. The lowest BCUT2D eigenvalue weighted by atomic mass is 9.82. The van der Waals surface area contributed by atoms with Gasteiger partial charge in [-0.25, -0.2) is 9.48 Å². The van der Waals surface area contributed by atoms with Crippen LogP contribution in [0.4, 0.5) is 19.0 Å². The molecule has 0 radical (unpaired) electrons. The van der Waals surface area contributed by atoms with Gasteiger partial charge in [0.25, 0.3) is 0 Å². The third-order valence-corrected chi connectivity index (χ3v) is 5.59. The molecule has 0 aliphatic heterocycles. The van der Waals surface area contributed by atoms with E-state index in [-0.39, 0.29) is 34.9 Å². The van der Waals surface area contributed by atoms with E-state index in [1.165, 1.54) is 23.2 Å². The number of hydrogen-bond donors (Lipinski definition) is 1. The first-order valence-corrected chi connectivity index (χ1v) is 10.5. The number of nitrogens with zero attached hydrogens (tertiary/aromatic N) is 3. The quantitative estimate of drug-likeness (QED) is 0.663. The maximum absolute atomic E-state index is 13.3. The number of aromatic nitrogens is 2. The minimum Gasteiger partial charge on any atom is -0.477 e. The van der Waals surface area contributed by atoms with E-state index >= 15 is 0 Å². The Kier molecular flexibility index (Phi) is 6.80. The molecule has 10 heteroatoms. The van der Waals surface area contributed by atoms with Crippen LogP contribution in [-0.4, -0.2) is 39.2 Å². The first-order chi connectivity index (χ1) is 15.0. The highest BCUT2D eigenvalue weighted by atomic mass is 19.4. The van der Waals surface area contributed by atoms with Crippen LogP contribution < -0.4 is 9.64 Å². The van der Waals surface area contributed by atoms with Crippen molar-refractivity contribution in [2.45, 2.75) is 58.9 Å². The van der Waals surface area contributed by atoms with Crippen LogP contribution in [0.1, 0.15) is 56.8 Å². The van der Waals surface area contributed by atoms with Crippen LogP contribution in [0.25, 0.3) is 5.69 Å². The molecule has 32 heavy (non-hydrogen) atoms. The predicted molar refractivity (Wildman–Crippen MR) is 111 cm³/mol. The fourth-order valence-electron chi connectivity index (χ4n) is 3.96. The van der Waals surface area contributed by atoms with Gasteiger partial charge >= 0.3 is 12.3 Å². The normalized spacial score (nSPS) is 19.1. The first kappa shape index (κ1) is 23.6. The average Bonchev–Trinajstić information content (AvgIpc) is 3.12. The maximum atomic E-state index is 13.3. The zero-order valence-corrected chi connectivity index (χ0v) is 18.1. The van der Waals surface area contributed by atoms with Gasteiger partial charge < -0.3 is 9.84 Å². The van der Waals surface area contributed by atoms with E-state index in [4.69, 9.17) is 0 Å². The number of ether oxygens (including phenoxy) is 1. The van der Waals surface area contributed by atoms with Crippen molar-refractivity contribution in [3.05, 3.63) is 36.0 Å². The molecule has 1 aromatic heterocycles. The number of amides is 1. The molecule has 0 bridgehead atoms. The maximum Gasteiger partial charge on any atom is 0.573 e. The van der Waals surface area contributed by atoms with Crippen molar-refractivity contribution in [1.82, 2.24) is 9.78 Å². The lowest BCUT2D eigenvalue weighted by Crippen LogP contribution is -2.43. The van der Waals surface area contributed by atoms with Gasteiger partial charge in [-0.2, -0.15) is 0 Å². The highest BCUT2D eigenvalue weighted by molar-refractivity contribution is 6.01. The Morgan fingerprint density at radius 1 is 1.22 bits per heavy atom. The van der Waals surface area contributed by atoms with E-state index < -0.39 is 18.1 Å². The second-order valence-electron chi connectivity index (χ2n) is 8.42. The molecule has 3 rings (SSSR count). The van der Waals surface area contributed by atoms with E-state index in [0.29, 0.717) is 5.92 Å². The van der Waals surface area contributed by atoms with Gasteiger partial charge in [-0.05, 0) is 57.6 Å². The lowest BCUT2D eigenvalue weighted by molar-refractivity contribution is -0.274. The number of aromatic carboxylic acids is 1. The van der Waals surface area contributed by atoms with E-state index in [1.54, 1.807) is 13.8 Å².